The monoisotopic (exact) mass is 394 g/mol. The molecular formula is C13H6BrCl3O3. The van der Waals surface area contributed by atoms with Gasteiger partial charge in [-0.25, -0.2) is 4.79 Å². The molecule has 2 aromatic carbocycles. The quantitative estimate of drug-likeness (QED) is 0.657. The van der Waals surface area contributed by atoms with Gasteiger partial charge >= 0.3 is 5.97 Å². The zero-order chi connectivity index (χ0) is 14.9. The van der Waals surface area contributed by atoms with Gasteiger partial charge in [-0.15, -0.1) is 0 Å². The van der Waals surface area contributed by atoms with E-state index in [1.165, 1.54) is 24.3 Å². The molecule has 0 amide bonds. The molecule has 7 heteroatoms. The van der Waals surface area contributed by atoms with Crippen LogP contribution in [0, 0.1) is 0 Å². The van der Waals surface area contributed by atoms with E-state index in [2.05, 4.69) is 15.9 Å². The van der Waals surface area contributed by atoms with Crippen LogP contribution in [0.15, 0.2) is 34.8 Å². The molecule has 1 N–H and O–H groups in total. The van der Waals surface area contributed by atoms with Gasteiger partial charge in [0.25, 0.3) is 0 Å². The van der Waals surface area contributed by atoms with Crippen LogP contribution in [0.25, 0.3) is 0 Å². The van der Waals surface area contributed by atoms with Crippen molar-refractivity contribution in [3.8, 4) is 11.5 Å². The predicted octanol–water partition coefficient (Wildman–Crippen LogP) is 5.90. The summed E-state index contributed by atoms with van der Waals surface area (Å²) >= 11 is 20.9. The fourth-order valence-electron chi connectivity index (χ4n) is 1.46. The smallest absolute Gasteiger partial charge is 0.339 e. The van der Waals surface area contributed by atoms with Crippen LogP contribution >= 0.6 is 50.7 Å². The minimum absolute atomic E-state index is 0.00140. The molecular weight excluding hydrogens is 390 g/mol. The summed E-state index contributed by atoms with van der Waals surface area (Å²) in [6.07, 6.45) is 0. The Morgan fingerprint density at radius 1 is 1.00 bits per heavy atom. The van der Waals surface area contributed by atoms with Crippen molar-refractivity contribution in [3.05, 3.63) is 55.4 Å². The number of rotatable bonds is 3. The molecule has 0 radical (unpaired) electrons. The average molecular weight is 396 g/mol. The maximum Gasteiger partial charge on any atom is 0.339 e. The highest BCUT2D eigenvalue weighted by atomic mass is 79.9. The van der Waals surface area contributed by atoms with Gasteiger partial charge in [0.2, 0.25) is 0 Å². The lowest BCUT2D eigenvalue weighted by Gasteiger charge is -2.11. The number of halogens is 4. The van der Waals surface area contributed by atoms with E-state index in [4.69, 9.17) is 44.6 Å². The molecule has 0 spiro atoms. The van der Waals surface area contributed by atoms with Crippen LogP contribution in [-0.4, -0.2) is 11.1 Å². The van der Waals surface area contributed by atoms with Crippen LogP contribution in [0.5, 0.6) is 11.5 Å². The lowest BCUT2D eigenvalue weighted by atomic mass is 10.2. The average Bonchev–Trinajstić information content (AvgIpc) is 2.37. The summed E-state index contributed by atoms with van der Waals surface area (Å²) < 4.78 is 6.14. The highest BCUT2D eigenvalue weighted by Gasteiger charge is 2.15. The number of hydrogen-bond acceptors (Lipinski definition) is 2. The molecule has 20 heavy (non-hydrogen) atoms. The summed E-state index contributed by atoms with van der Waals surface area (Å²) in [4.78, 5) is 11.2. The number of carboxylic acids is 1. The third-order valence-electron chi connectivity index (χ3n) is 2.37. The van der Waals surface area contributed by atoms with Gasteiger partial charge in [-0.05, 0) is 24.3 Å². The Bertz CT molecular complexity index is 689. The number of benzene rings is 2. The lowest BCUT2D eigenvalue weighted by molar-refractivity contribution is 0.0694. The second-order valence-electron chi connectivity index (χ2n) is 3.74. The van der Waals surface area contributed by atoms with Gasteiger partial charge in [0.1, 0.15) is 17.1 Å². The van der Waals surface area contributed by atoms with Crippen molar-refractivity contribution in [1.29, 1.82) is 0 Å². The van der Waals surface area contributed by atoms with Crippen LogP contribution in [0.1, 0.15) is 10.4 Å². The normalized spacial score (nSPS) is 10.4. The molecule has 3 nitrogen and oxygen atoms in total. The maximum absolute atomic E-state index is 11.2. The summed E-state index contributed by atoms with van der Waals surface area (Å²) in [6, 6.07) is 7.47. The van der Waals surface area contributed by atoms with E-state index in [1.54, 1.807) is 6.07 Å². The molecule has 0 fully saturated rings. The first kappa shape index (κ1) is 15.4. The number of carboxylic acid groups (broad SMARTS) is 1. The largest absolute Gasteiger partial charge is 0.478 e. The van der Waals surface area contributed by atoms with E-state index >= 15 is 0 Å². The first-order valence-electron chi connectivity index (χ1n) is 5.23. The molecule has 0 aliphatic heterocycles. The Balaban J connectivity index is 2.45. The number of carbonyl (C=O) groups is 1. The fourth-order valence-corrected chi connectivity index (χ4v) is 2.40. The summed E-state index contributed by atoms with van der Waals surface area (Å²) in [6.45, 7) is 0. The molecule has 2 rings (SSSR count). The first-order valence-corrected chi connectivity index (χ1v) is 7.16. The van der Waals surface area contributed by atoms with E-state index in [0.29, 0.717) is 9.50 Å². The van der Waals surface area contributed by atoms with Gasteiger partial charge in [-0.3, -0.25) is 0 Å². The van der Waals surface area contributed by atoms with Crippen LogP contribution in [0.4, 0.5) is 0 Å². The molecule has 104 valence electrons. The molecule has 0 unspecified atom stereocenters. The highest BCUT2D eigenvalue weighted by molar-refractivity contribution is 9.10. The Hall–Kier alpha value is -0.940. The zero-order valence-electron chi connectivity index (χ0n) is 9.66. The Morgan fingerprint density at radius 2 is 1.65 bits per heavy atom. The van der Waals surface area contributed by atoms with Crippen LogP contribution in [0.3, 0.4) is 0 Å². The summed E-state index contributed by atoms with van der Waals surface area (Å²) in [5.41, 5.74) is 0.00140. The Kier molecular flexibility index (Phi) is 4.81. The van der Waals surface area contributed by atoms with Crippen molar-refractivity contribution in [2.75, 3.05) is 0 Å². The van der Waals surface area contributed by atoms with E-state index in [0.717, 1.165) is 0 Å². The summed E-state index contributed by atoms with van der Waals surface area (Å²) in [7, 11) is 0. The van der Waals surface area contributed by atoms with E-state index < -0.39 is 5.97 Å². The molecule has 0 heterocycles. The Labute approximate surface area is 138 Å². The van der Waals surface area contributed by atoms with Crippen molar-refractivity contribution < 1.29 is 14.6 Å². The predicted molar refractivity (Wildman–Crippen MR) is 82.6 cm³/mol. The van der Waals surface area contributed by atoms with E-state index in [-0.39, 0.29) is 27.1 Å². The van der Waals surface area contributed by atoms with Crippen molar-refractivity contribution in [2.24, 2.45) is 0 Å². The molecule has 0 aliphatic rings. The molecule has 2 aromatic rings. The van der Waals surface area contributed by atoms with Crippen LogP contribution < -0.4 is 4.74 Å². The van der Waals surface area contributed by atoms with Gasteiger partial charge in [-0.1, -0.05) is 50.7 Å². The standard InChI is InChI=1S/C13H6BrCl3O3/c14-6-1-2-11(7(3-6)13(18)19)20-12-5-9(16)8(15)4-10(12)17/h1-5H,(H,18,19). The highest BCUT2D eigenvalue weighted by Crippen LogP contribution is 2.37. The van der Waals surface area contributed by atoms with Gasteiger partial charge in [0.15, 0.2) is 0 Å². The molecule has 0 aromatic heterocycles. The minimum atomic E-state index is -1.11. The fraction of sp³-hybridized carbons (Fsp3) is 0. The van der Waals surface area contributed by atoms with E-state index in [9.17, 15) is 4.79 Å². The van der Waals surface area contributed by atoms with Gasteiger partial charge < -0.3 is 9.84 Å². The Morgan fingerprint density at radius 3 is 2.30 bits per heavy atom. The molecule has 0 bridgehead atoms. The topological polar surface area (TPSA) is 46.5 Å². The van der Waals surface area contributed by atoms with Crippen molar-refractivity contribution in [2.45, 2.75) is 0 Å². The lowest BCUT2D eigenvalue weighted by Crippen LogP contribution is -2.00. The van der Waals surface area contributed by atoms with E-state index in [1.807, 2.05) is 0 Å². The summed E-state index contributed by atoms with van der Waals surface area (Å²) in [5.74, 6) is -0.732. The maximum atomic E-state index is 11.2. The minimum Gasteiger partial charge on any atom is -0.478 e. The van der Waals surface area contributed by atoms with Crippen LogP contribution in [0.2, 0.25) is 15.1 Å². The third kappa shape index (κ3) is 3.38. The van der Waals surface area contributed by atoms with Crippen molar-refractivity contribution in [1.82, 2.24) is 0 Å². The number of ether oxygens (including phenoxy) is 1. The molecule has 0 saturated carbocycles. The second-order valence-corrected chi connectivity index (χ2v) is 5.88. The SMILES string of the molecule is O=C(O)c1cc(Br)ccc1Oc1cc(Cl)c(Cl)cc1Cl. The van der Waals surface area contributed by atoms with Crippen LogP contribution in [-0.2, 0) is 0 Å². The second kappa shape index (κ2) is 6.22. The molecule has 0 saturated heterocycles. The first-order chi connectivity index (χ1) is 9.38. The molecule has 0 aliphatic carbocycles. The molecule has 0 atom stereocenters. The van der Waals surface area contributed by atoms with Crippen molar-refractivity contribution in [3.63, 3.8) is 0 Å². The zero-order valence-corrected chi connectivity index (χ0v) is 13.5. The third-order valence-corrected chi connectivity index (χ3v) is 3.88. The summed E-state index contributed by atoms with van der Waals surface area (Å²) in [5, 5.41) is 9.94. The van der Waals surface area contributed by atoms with Gasteiger partial charge in [0, 0.05) is 10.5 Å². The number of hydrogen-bond donors (Lipinski definition) is 1. The van der Waals surface area contributed by atoms with Crippen molar-refractivity contribution >= 4 is 56.7 Å². The number of aromatic carboxylic acids is 1. The van der Waals surface area contributed by atoms with Gasteiger partial charge in [0.05, 0.1) is 15.1 Å². The van der Waals surface area contributed by atoms with Gasteiger partial charge in [-0.2, -0.15) is 0 Å².